The van der Waals surface area contributed by atoms with Gasteiger partial charge >= 0.3 is 0 Å². The van der Waals surface area contributed by atoms with E-state index in [4.69, 9.17) is 4.74 Å². The van der Waals surface area contributed by atoms with Crippen molar-refractivity contribution in [2.24, 2.45) is 0 Å². The van der Waals surface area contributed by atoms with E-state index in [-0.39, 0.29) is 0 Å². The molecular weight excluding hydrogens is 172 g/mol. The molecule has 0 aromatic heterocycles. The maximum atomic E-state index is 10.7. The summed E-state index contributed by atoms with van der Waals surface area (Å²) in [6, 6.07) is 0. The van der Waals surface area contributed by atoms with Gasteiger partial charge in [-0.15, -0.1) is 11.8 Å². The smallest absolute Gasteiger partial charge is 0.166 e. The van der Waals surface area contributed by atoms with Crippen molar-refractivity contribution in [1.82, 2.24) is 0 Å². The highest BCUT2D eigenvalue weighted by Crippen LogP contribution is 2.24. The molecule has 0 saturated heterocycles. The van der Waals surface area contributed by atoms with Gasteiger partial charge in [0.05, 0.1) is 0 Å². The van der Waals surface area contributed by atoms with Crippen molar-refractivity contribution in [3.63, 3.8) is 0 Å². The monoisotopic (exact) mass is 190 g/mol. The summed E-state index contributed by atoms with van der Waals surface area (Å²) >= 11 is 1.58. The molecule has 2 nitrogen and oxygen atoms in total. The van der Waals surface area contributed by atoms with Gasteiger partial charge in [-0.3, -0.25) is 4.79 Å². The van der Waals surface area contributed by atoms with Gasteiger partial charge in [0, 0.05) is 6.61 Å². The molecule has 0 amide bonds. The van der Waals surface area contributed by atoms with E-state index in [0.717, 1.165) is 24.9 Å². The molecule has 0 N–H and O–H groups in total. The zero-order chi connectivity index (χ0) is 9.45. The number of hydrogen-bond acceptors (Lipinski definition) is 3. The summed E-state index contributed by atoms with van der Waals surface area (Å²) in [5.41, 5.74) is 0. The Labute approximate surface area is 79.1 Å². The highest BCUT2D eigenvalue weighted by atomic mass is 32.2. The minimum atomic E-state index is -0.621. The Morgan fingerprint density at radius 1 is 1.50 bits per heavy atom. The topological polar surface area (TPSA) is 26.3 Å². The molecule has 12 heavy (non-hydrogen) atoms. The number of rotatable bonds is 7. The molecule has 72 valence electrons. The van der Waals surface area contributed by atoms with Crippen LogP contribution in [0.2, 0.25) is 0 Å². The first kappa shape index (κ1) is 12.0. The third kappa shape index (κ3) is 4.78. The molecule has 3 heteroatoms. The predicted octanol–water partition coefficient (Wildman–Crippen LogP) is 2.47. The standard InChI is InChI=1S/C9H18O2S/c1-4-6-7-12-9(3,8-10)11-5-2/h8H,4-7H2,1-3H3. The van der Waals surface area contributed by atoms with Crippen molar-refractivity contribution in [3.8, 4) is 0 Å². The molecule has 0 aromatic carbocycles. The third-order valence-corrected chi connectivity index (χ3v) is 2.81. The molecule has 0 aliphatic rings. The average molecular weight is 190 g/mol. The maximum absolute atomic E-state index is 10.7. The minimum absolute atomic E-state index is 0.592. The van der Waals surface area contributed by atoms with Gasteiger partial charge < -0.3 is 4.74 Å². The van der Waals surface area contributed by atoms with Crippen LogP contribution in [-0.4, -0.2) is 23.6 Å². The lowest BCUT2D eigenvalue weighted by Gasteiger charge is -2.21. The lowest BCUT2D eigenvalue weighted by molar-refractivity contribution is -0.119. The molecule has 0 rings (SSSR count). The van der Waals surface area contributed by atoms with E-state index in [1.807, 2.05) is 13.8 Å². The van der Waals surface area contributed by atoms with Crippen LogP contribution in [0.1, 0.15) is 33.6 Å². The van der Waals surface area contributed by atoms with E-state index >= 15 is 0 Å². The summed E-state index contributed by atoms with van der Waals surface area (Å²) in [4.78, 5) is 10.0. The Morgan fingerprint density at radius 2 is 2.17 bits per heavy atom. The Kier molecular flexibility index (Phi) is 6.48. The van der Waals surface area contributed by atoms with E-state index in [0.29, 0.717) is 6.61 Å². The first-order valence-corrected chi connectivity index (χ1v) is 5.41. The molecule has 0 spiro atoms. The molecule has 0 aliphatic heterocycles. The van der Waals surface area contributed by atoms with Crippen LogP contribution in [0.4, 0.5) is 0 Å². The average Bonchev–Trinajstić information content (AvgIpc) is 2.06. The van der Waals surface area contributed by atoms with E-state index in [1.54, 1.807) is 11.8 Å². The summed E-state index contributed by atoms with van der Waals surface area (Å²) < 4.78 is 5.32. The van der Waals surface area contributed by atoms with E-state index in [1.165, 1.54) is 0 Å². The number of hydrogen-bond donors (Lipinski definition) is 0. The number of carbonyl (C=O) groups is 1. The van der Waals surface area contributed by atoms with Crippen LogP contribution < -0.4 is 0 Å². The van der Waals surface area contributed by atoms with Crippen LogP contribution in [0.25, 0.3) is 0 Å². The fraction of sp³-hybridized carbons (Fsp3) is 0.889. The van der Waals surface area contributed by atoms with Crippen LogP contribution in [0, 0.1) is 0 Å². The van der Waals surface area contributed by atoms with Crippen LogP contribution >= 0.6 is 11.8 Å². The van der Waals surface area contributed by atoms with Crippen LogP contribution in [-0.2, 0) is 9.53 Å². The van der Waals surface area contributed by atoms with Crippen molar-refractivity contribution in [2.45, 2.75) is 38.5 Å². The summed E-state index contributed by atoms with van der Waals surface area (Å²) in [7, 11) is 0. The lowest BCUT2D eigenvalue weighted by Crippen LogP contribution is -2.26. The van der Waals surface area contributed by atoms with Gasteiger partial charge in [-0.25, -0.2) is 0 Å². The van der Waals surface area contributed by atoms with E-state index in [9.17, 15) is 4.79 Å². The minimum Gasteiger partial charge on any atom is -0.358 e. The highest BCUT2D eigenvalue weighted by molar-refractivity contribution is 8.01. The fourth-order valence-electron chi connectivity index (χ4n) is 0.815. The first-order valence-electron chi connectivity index (χ1n) is 4.42. The second-order valence-corrected chi connectivity index (χ2v) is 4.28. The van der Waals surface area contributed by atoms with Gasteiger partial charge in [-0.05, 0) is 26.0 Å². The molecule has 1 atom stereocenters. The summed E-state index contributed by atoms with van der Waals surface area (Å²) in [5.74, 6) is 0.992. The molecule has 0 aliphatic carbocycles. The number of thioether (sulfide) groups is 1. The largest absolute Gasteiger partial charge is 0.358 e. The van der Waals surface area contributed by atoms with Crippen LogP contribution in [0.3, 0.4) is 0 Å². The SMILES string of the molecule is CCCCSC(C)(C=O)OCC. The Balaban J connectivity index is 3.71. The van der Waals surface area contributed by atoms with Crippen LogP contribution in [0.5, 0.6) is 0 Å². The summed E-state index contributed by atoms with van der Waals surface area (Å²) in [6.45, 7) is 6.46. The molecule has 1 unspecified atom stereocenters. The van der Waals surface area contributed by atoms with Crippen LogP contribution in [0.15, 0.2) is 0 Å². The molecule has 0 bridgehead atoms. The molecule has 0 saturated carbocycles. The molecule has 0 heterocycles. The zero-order valence-corrected chi connectivity index (χ0v) is 8.95. The van der Waals surface area contributed by atoms with Crippen molar-refractivity contribution >= 4 is 18.0 Å². The van der Waals surface area contributed by atoms with Gasteiger partial charge in [0.2, 0.25) is 0 Å². The van der Waals surface area contributed by atoms with Crippen molar-refractivity contribution in [2.75, 3.05) is 12.4 Å². The van der Waals surface area contributed by atoms with E-state index < -0.39 is 4.93 Å². The second-order valence-electron chi connectivity index (χ2n) is 2.77. The Bertz CT molecular complexity index is 128. The second kappa shape index (κ2) is 6.49. The van der Waals surface area contributed by atoms with Crippen molar-refractivity contribution in [1.29, 1.82) is 0 Å². The lowest BCUT2D eigenvalue weighted by atomic mass is 10.4. The fourth-order valence-corrected chi connectivity index (χ4v) is 1.92. The summed E-state index contributed by atoms with van der Waals surface area (Å²) in [5, 5.41) is 0. The number of carbonyl (C=O) groups excluding carboxylic acids is 1. The highest BCUT2D eigenvalue weighted by Gasteiger charge is 2.23. The molecule has 0 radical (unpaired) electrons. The number of ether oxygens (including phenoxy) is 1. The van der Waals surface area contributed by atoms with Gasteiger partial charge in [0.1, 0.15) is 0 Å². The van der Waals surface area contributed by atoms with Gasteiger partial charge in [-0.1, -0.05) is 13.3 Å². The van der Waals surface area contributed by atoms with Crippen molar-refractivity contribution in [3.05, 3.63) is 0 Å². The number of aldehydes is 1. The van der Waals surface area contributed by atoms with Gasteiger partial charge in [0.15, 0.2) is 11.2 Å². The van der Waals surface area contributed by atoms with Crippen molar-refractivity contribution < 1.29 is 9.53 Å². The van der Waals surface area contributed by atoms with E-state index in [2.05, 4.69) is 6.92 Å². The maximum Gasteiger partial charge on any atom is 0.166 e. The molecular formula is C9H18O2S. The van der Waals surface area contributed by atoms with Gasteiger partial charge in [0.25, 0.3) is 0 Å². The van der Waals surface area contributed by atoms with Gasteiger partial charge in [-0.2, -0.15) is 0 Å². The Hall–Kier alpha value is -0.0200. The Morgan fingerprint density at radius 3 is 2.58 bits per heavy atom. The normalized spacial score (nSPS) is 15.6. The number of unbranched alkanes of at least 4 members (excludes halogenated alkanes) is 1. The predicted molar refractivity (Wildman–Crippen MR) is 53.5 cm³/mol. The zero-order valence-electron chi connectivity index (χ0n) is 8.13. The molecule has 0 aromatic rings. The third-order valence-electron chi connectivity index (χ3n) is 1.53. The molecule has 0 fully saturated rings. The quantitative estimate of drug-likeness (QED) is 0.350. The summed E-state index contributed by atoms with van der Waals surface area (Å²) in [6.07, 6.45) is 3.19. The first-order chi connectivity index (χ1) is 5.68.